The van der Waals surface area contributed by atoms with Crippen LogP contribution in [0, 0.1) is 0 Å². The largest absolute Gasteiger partial charge is 0.352 e. The van der Waals surface area contributed by atoms with Crippen molar-refractivity contribution in [1.29, 1.82) is 0 Å². The molecule has 0 atom stereocenters. The minimum absolute atomic E-state index is 0.171. The van der Waals surface area contributed by atoms with Crippen molar-refractivity contribution in [1.82, 2.24) is 15.3 Å². The minimum atomic E-state index is -0.171. The Bertz CT molecular complexity index is 233. The molecule has 0 bridgehead atoms. The van der Waals surface area contributed by atoms with Crippen LogP contribution < -0.4 is 5.32 Å². The van der Waals surface area contributed by atoms with Crippen molar-refractivity contribution in [2.45, 2.75) is 26.7 Å². The molecule has 1 aromatic heterocycles. The van der Waals surface area contributed by atoms with E-state index in [0.29, 0.717) is 26.3 Å². The Labute approximate surface area is 90.2 Å². The van der Waals surface area contributed by atoms with Gasteiger partial charge in [-0.05, 0) is 13.8 Å². The van der Waals surface area contributed by atoms with Gasteiger partial charge in [0.25, 0.3) is 0 Å². The quantitative estimate of drug-likeness (QED) is 0.630. The Balaban J connectivity index is 2.15. The van der Waals surface area contributed by atoms with E-state index in [-0.39, 0.29) is 6.29 Å². The fraction of sp³-hybridized carbons (Fsp3) is 0.700. The molecule has 86 valence electrons. The van der Waals surface area contributed by atoms with E-state index in [1.807, 2.05) is 13.8 Å². The number of hydrogen-bond donors (Lipinski definition) is 2. The van der Waals surface area contributed by atoms with E-state index in [1.165, 1.54) is 0 Å². The molecule has 0 spiro atoms. The van der Waals surface area contributed by atoms with Crippen molar-refractivity contribution in [2.24, 2.45) is 0 Å². The summed E-state index contributed by atoms with van der Waals surface area (Å²) in [6.45, 7) is 6.60. The first-order valence-electron chi connectivity index (χ1n) is 5.29. The van der Waals surface area contributed by atoms with Crippen LogP contribution in [0.2, 0.25) is 0 Å². The highest BCUT2D eigenvalue weighted by atomic mass is 16.7. The Morgan fingerprint density at radius 3 is 2.67 bits per heavy atom. The molecule has 0 aliphatic carbocycles. The third kappa shape index (κ3) is 4.92. The van der Waals surface area contributed by atoms with Crippen molar-refractivity contribution >= 4 is 0 Å². The van der Waals surface area contributed by atoms with Crippen LogP contribution in [-0.4, -0.2) is 36.0 Å². The first kappa shape index (κ1) is 12.2. The number of H-pyrrole nitrogens is 1. The van der Waals surface area contributed by atoms with Crippen LogP contribution in [0.4, 0.5) is 0 Å². The van der Waals surface area contributed by atoms with Crippen molar-refractivity contribution in [2.75, 3.05) is 19.8 Å². The van der Waals surface area contributed by atoms with E-state index < -0.39 is 0 Å². The van der Waals surface area contributed by atoms with Gasteiger partial charge in [-0.3, -0.25) is 0 Å². The predicted octanol–water partition coefficient (Wildman–Crippen LogP) is 0.898. The highest BCUT2D eigenvalue weighted by Gasteiger charge is 2.06. The molecule has 2 N–H and O–H groups in total. The normalized spacial score (nSPS) is 11.1. The molecular weight excluding hydrogens is 194 g/mol. The number of aromatic nitrogens is 2. The summed E-state index contributed by atoms with van der Waals surface area (Å²) in [5, 5.41) is 3.21. The maximum atomic E-state index is 5.39. The summed E-state index contributed by atoms with van der Waals surface area (Å²) >= 11 is 0. The van der Waals surface area contributed by atoms with E-state index >= 15 is 0 Å². The van der Waals surface area contributed by atoms with Crippen LogP contribution in [-0.2, 0) is 16.0 Å². The third-order valence-corrected chi connectivity index (χ3v) is 1.86. The molecule has 0 unspecified atom stereocenters. The van der Waals surface area contributed by atoms with Gasteiger partial charge in [-0.2, -0.15) is 0 Å². The lowest BCUT2D eigenvalue weighted by Gasteiger charge is -2.16. The SMILES string of the molecule is CCOC(CNCc1ncc[nH]1)OCC. The Kier molecular flexibility index (Phi) is 5.99. The van der Waals surface area contributed by atoms with Crippen LogP contribution in [0.25, 0.3) is 0 Å². The molecule has 0 fully saturated rings. The highest BCUT2D eigenvalue weighted by molar-refractivity contribution is 4.85. The second-order valence-electron chi connectivity index (χ2n) is 3.01. The number of hydrogen-bond acceptors (Lipinski definition) is 4. The zero-order valence-electron chi connectivity index (χ0n) is 9.32. The summed E-state index contributed by atoms with van der Waals surface area (Å²) in [6.07, 6.45) is 3.37. The lowest BCUT2D eigenvalue weighted by Crippen LogP contribution is -2.31. The van der Waals surface area contributed by atoms with Gasteiger partial charge < -0.3 is 19.8 Å². The van der Waals surface area contributed by atoms with Crippen molar-refractivity contribution in [3.05, 3.63) is 18.2 Å². The molecule has 0 saturated heterocycles. The average molecular weight is 213 g/mol. The van der Waals surface area contributed by atoms with Crippen LogP contribution in [0.15, 0.2) is 12.4 Å². The van der Waals surface area contributed by atoms with Gasteiger partial charge in [0.1, 0.15) is 5.82 Å². The maximum absolute atomic E-state index is 5.39. The molecule has 0 radical (unpaired) electrons. The fourth-order valence-electron chi connectivity index (χ4n) is 1.24. The summed E-state index contributed by atoms with van der Waals surface area (Å²) in [5.41, 5.74) is 0. The van der Waals surface area contributed by atoms with Crippen molar-refractivity contribution in [3.8, 4) is 0 Å². The third-order valence-electron chi connectivity index (χ3n) is 1.86. The van der Waals surface area contributed by atoms with Gasteiger partial charge in [0, 0.05) is 32.2 Å². The molecule has 0 aliphatic heterocycles. The number of nitrogens with one attached hydrogen (secondary N) is 2. The molecule has 0 saturated carbocycles. The van der Waals surface area contributed by atoms with E-state index in [1.54, 1.807) is 12.4 Å². The standard InChI is InChI=1S/C10H19N3O2/c1-3-14-10(15-4-2)8-11-7-9-12-5-6-13-9/h5-6,10-11H,3-4,7-8H2,1-2H3,(H,12,13). The minimum Gasteiger partial charge on any atom is -0.352 e. The summed E-state index contributed by atoms with van der Waals surface area (Å²) < 4.78 is 10.8. The highest BCUT2D eigenvalue weighted by Crippen LogP contribution is 1.94. The van der Waals surface area contributed by atoms with Gasteiger partial charge >= 0.3 is 0 Å². The number of aromatic amines is 1. The number of imidazole rings is 1. The predicted molar refractivity (Wildman–Crippen MR) is 57.3 cm³/mol. The Morgan fingerprint density at radius 2 is 2.13 bits per heavy atom. The van der Waals surface area contributed by atoms with Gasteiger partial charge in [0.05, 0.1) is 6.54 Å². The van der Waals surface area contributed by atoms with E-state index in [9.17, 15) is 0 Å². The van der Waals surface area contributed by atoms with Crippen LogP contribution in [0.3, 0.4) is 0 Å². The monoisotopic (exact) mass is 213 g/mol. The topological polar surface area (TPSA) is 59.2 Å². The van der Waals surface area contributed by atoms with Crippen LogP contribution >= 0.6 is 0 Å². The summed E-state index contributed by atoms with van der Waals surface area (Å²) in [6, 6.07) is 0. The summed E-state index contributed by atoms with van der Waals surface area (Å²) in [5.74, 6) is 0.918. The Morgan fingerprint density at radius 1 is 1.40 bits per heavy atom. The van der Waals surface area contributed by atoms with Crippen LogP contribution in [0.1, 0.15) is 19.7 Å². The summed E-state index contributed by atoms with van der Waals surface area (Å²) in [4.78, 5) is 7.13. The van der Waals surface area contributed by atoms with Crippen LogP contribution in [0.5, 0.6) is 0 Å². The molecule has 1 aromatic rings. The molecule has 5 heteroatoms. The fourth-order valence-corrected chi connectivity index (χ4v) is 1.24. The molecule has 0 aromatic carbocycles. The molecule has 1 heterocycles. The lowest BCUT2D eigenvalue weighted by molar-refractivity contribution is -0.133. The van der Waals surface area contributed by atoms with E-state index in [0.717, 1.165) is 5.82 Å². The molecule has 15 heavy (non-hydrogen) atoms. The first-order valence-corrected chi connectivity index (χ1v) is 5.29. The lowest BCUT2D eigenvalue weighted by atomic mass is 10.5. The second kappa shape index (κ2) is 7.39. The van der Waals surface area contributed by atoms with Gasteiger partial charge in [0.2, 0.25) is 0 Å². The van der Waals surface area contributed by atoms with Gasteiger partial charge in [0.15, 0.2) is 6.29 Å². The zero-order valence-corrected chi connectivity index (χ0v) is 9.32. The maximum Gasteiger partial charge on any atom is 0.169 e. The molecular formula is C10H19N3O2. The second-order valence-corrected chi connectivity index (χ2v) is 3.01. The van der Waals surface area contributed by atoms with Gasteiger partial charge in [-0.15, -0.1) is 0 Å². The zero-order chi connectivity index (χ0) is 10.9. The van der Waals surface area contributed by atoms with Gasteiger partial charge in [-0.25, -0.2) is 4.98 Å². The number of nitrogens with zero attached hydrogens (tertiary/aromatic N) is 1. The number of rotatable bonds is 8. The smallest absolute Gasteiger partial charge is 0.169 e. The molecule has 0 aliphatic rings. The average Bonchev–Trinajstić information content (AvgIpc) is 2.71. The van der Waals surface area contributed by atoms with Crippen molar-refractivity contribution in [3.63, 3.8) is 0 Å². The molecule has 0 amide bonds. The molecule has 1 rings (SSSR count). The number of ether oxygens (including phenoxy) is 2. The summed E-state index contributed by atoms with van der Waals surface area (Å²) in [7, 11) is 0. The van der Waals surface area contributed by atoms with E-state index in [4.69, 9.17) is 9.47 Å². The van der Waals surface area contributed by atoms with E-state index in [2.05, 4.69) is 15.3 Å². The molecule has 5 nitrogen and oxygen atoms in total. The first-order chi connectivity index (χ1) is 7.36. The van der Waals surface area contributed by atoms with Gasteiger partial charge in [-0.1, -0.05) is 0 Å². The van der Waals surface area contributed by atoms with Crippen molar-refractivity contribution < 1.29 is 9.47 Å². The Hall–Kier alpha value is -0.910.